The number of H-pyrrole nitrogens is 1. The van der Waals surface area contributed by atoms with Crippen molar-refractivity contribution in [2.75, 3.05) is 13.1 Å². The van der Waals surface area contributed by atoms with Crippen LogP contribution in [-0.4, -0.2) is 46.3 Å². The second-order valence-corrected chi connectivity index (χ2v) is 7.22. The first-order valence-electron chi connectivity index (χ1n) is 6.89. The van der Waals surface area contributed by atoms with Crippen molar-refractivity contribution in [3.05, 3.63) is 14.5 Å². The molecule has 0 unspecified atom stereocenters. The van der Waals surface area contributed by atoms with E-state index < -0.39 is 18.2 Å². The van der Waals surface area contributed by atoms with Crippen LogP contribution in [0.3, 0.4) is 0 Å². The number of carbonyl (C=O) groups excluding carboxylic acids is 1. The van der Waals surface area contributed by atoms with Gasteiger partial charge in [-0.15, -0.1) is 11.3 Å². The smallest absolute Gasteiger partial charge is 0.383 e. The van der Waals surface area contributed by atoms with Crippen molar-refractivity contribution in [1.29, 1.82) is 0 Å². The highest BCUT2D eigenvalue weighted by atomic mass is 32.1. The number of hydrogen-bond acceptors (Lipinski definition) is 4. The van der Waals surface area contributed by atoms with E-state index in [-0.39, 0.29) is 38.3 Å². The second kappa shape index (κ2) is 6.67. The summed E-state index contributed by atoms with van der Waals surface area (Å²) in [6.45, 7) is 2.32. The van der Waals surface area contributed by atoms with Crippen LogP contribution < -0.4 is 0 Å². The van der Waals surface area contributed by atoms with Crippen LogP contribution in [-0.2, 0) is 11.2 Å². The lowest BCUT2D eigenvalue weighted by Gasteiger charge is -2.34. The third-order valence-corrected chi connectivity index (χ3v) is 5.25. The SMILES string of the molecule is Cc1[nH]c(=S)sc1CC(=O)N1CCC([C@@H](O)C(F)(F)F)CC1. The molecule has 1 aromatic rings. The number of thiazole rings is 1. The van der Waals surface area contributed by atoms with Crippen LogP contribution in [0.25, 0.3) is 0 Å². The maximum Gasteiger partial charge on any atom is 0.414 e. The normalized spacial score (nSPS) is 18.5. The van der Waals surface area contributed by atoms with Crippen molar-refractivity contribution in [2.45, 2.75) is 38.5 Å². The quantitative estimate of drug-likeness (QED) is 0.821. The molecule has 0 aromatic carbocycles. The number of piperidine rings is 1. The van der Waals surface area contributed by atoms with Crippen LogP contribution in [0.2, 0.25) is 0 Å². The van der Waals surface area contributed by atoms with E-state index in [1.807, 2.05) is 6.92 Å². The standard InChI is InChI=1S/C13H17F3N2O2S2/c1-7-9(22-12(21)17-7)6-10(19)18-4-2-8(3-5-18)11(20)13(14,15)16/h8,11,20H,2-6H2,1H3,(H,17,21)/t11-/m1/s1. The highest BCUT2D eigenvalue weighted by Gasteiger charge is 2.44. The zero-order valence-corrected chi connectivity index (χ0v) is 13.6. The lowest BCUT2D eigenvalue weighted by Crippen LogP contribution is -2.45. The Hall–Kier alpha value is -0.930. The number of nitrogens with zero attached hydrogens (tertiary/aromatic N) is 1. The van der Waals surface area contributed by atoms with Gasteiger partial charge < -0.3 is 15.0 Å². The molecule has 0 bridgehead atoms. The zero-order chi connectivity index (χ0) is 16.5. The number of rotatable bonds is 3. The van der Waals surface area contributed by atoms with Crippen molar-refractivity contribution < 1.29 is 23.1 Å². The summed E-state index contributed by atoms with van der Waals surface area (Å²) in [6.07, 6.45) is -6.37. The van der Waals surface area contributed by atoms with Gasteiger partial charge in [0.2, 0.25) is 5.91 Å². The lowest BCUT2D eigenvalue weighted by molar-refractivity contribution is -0.222. The number of hydrogen-bond donors (Lipinski definition) is 2. The van der Waals surface area contributed by atoms with E-state index in [0.717, 1.165) is 10.6 Å². The molecule has 2 rings (SSSR count). The molecule has 22 heavy (non-hydrogen) atoms. The Morgan fingerprint density at radius 3 is 2.55 bits per heavy atom. The topological polar surface area (TPSA) is 56.3 Å². The monoisotopic (exact) mass is 354 g/mol. The molecule has 1 aromatic heterocycles. The van der Waals surface area contributed by atoms with Crippen LogP contribution in [0.5, 0.6) is 0 Å². The molecular weight excluding hydrogens is 337 g/mol. The van der Waals surface area contributed by atoms with Gasteiger partial charge in [-0.05, 0) is 37.9 Å². The molecule has 0 radical (unpaired) electrons. The van der Waals surface area contributed by atoms with Gasteiger partial charge in [0.1, 0.15) is 0 Å². The number of alkyl halides is 3. The first-order valence-corrected chi connectivity index (χ1v) is 8.12. The number of aliphatic hydroxyl groups is 1. The fraction of sp³-hybridized carbons (Fsp3) is 0.692. The minimum Gasteiger partial charge on any atom is -0.383 e. The van der Waals surface area contributed by atoms with Gasteiger partial charge in [-0.1, -0.05) is 0 Å². The van der Waals surface area contributed by atoms with E-state index >= 15 is 0 Å². The van der Waals surface area contributed by atoms with Gasteiger partial charge in [0.25, 0.3) is 0 Å². The maximum atomic E-state index is 12.5. The number of aliphatic hydroxyl groups excluding tert-OH is 1. The summed E-state index contributed by atoms with van der Waals surface area (Å²) in [5, 5.41) is 9.27. The largest absolute Gasteiger partial charge is 0.414 e. The number of amides is 1. The minimum absolute atomic E-state index is 0.117. The predicted molar refractivity (Wildman–Crippen MR) is 79.3 cm³/mol. The maximum absolute atomic E-state index is 12.5. The summed E-state index contributed by atoms with van der Waals surface area (Å²) in [7, 11) is 0. The van der Waals surface area contributed by atoms with E-state index in [4.69, 9.17) is 12.2 Å². The zero-order valence-electron chi connectivity index (χ0n) is 11.9. The molecule has 9 heteroatoms. The van der Waals surface area contributed by atoms with Crippen LogP contribution in [0, 0.1) is 16.8 Å². The molecule has 0 saturated carbocycles. The van der Waals surface area contributed by atoms with E-state index in [1.54, 1.807) is 4.90 Å². The van der Waals surface area contributed by atoms with E-state index in [1.165, 1.54) is 11.3 Å². The number of halogens is 3. The second-order valence-electron chi connectivity index (χ2n) is 5.44. The van der Waals surface area contributed by atoms with E-state index in [2.05, 4.69) is 4.98 Å². The Kier molecular flexibility index (Phi) is 5.29. The summed E-state index contributed by atoms with van der Waals surface area (Å²) >= 11 is 6.35. The molecule has 1 fully saturated rings. The first kappa shape index (κ1) is 17.4. The highest BCUT2D eigenvalue weighted by molar-refractivity contribution is 7.73. The molecule has 124 valence electrons. The number of carbonyl (C=O) groups is 1. The van der Waals surface area contributed by atoms with Crippen molar-refractivity contribution >= 4 is 29.5 Å². The number of likely N-dealkylation sites (tertiary alicyclic amines) is 1. The average molecular weight is 354 g/mol. The molecule has 0 spiro atoms. The van der Waals surface area contributed by atoms with Gasteiger partial charge in [-0.2, -0.15) is 13.2 Å². The Bertz CT molecular complexity index is 589. The van der Waals surface area contributed by atoms with Crippen molar-refractivity contribution in [2.24, 2.45) is 5.92 Å². The van der Waals surface area contributed by atoms with Crippen LogP contribution in [0.1, 0.15) is 23.4 Å². The third kappa shape index (κ3) is 4.08. The number of aryl methyl sites for hydroxylation is 1. The molecular formula is C13H17F3N2O2S2. The van der Waals surface area contributed by atoms with Crippen molar-refractivity contribution in [1.82, 2.24) is 9.88 Å². The molecule has 2 heterocycles. The Morgan fingerprint density at radius 2 is 2.09 bits per heavy atom. The summed E-state index contributed by atoms with van der Waals surface area (Å²) in [5.41, 5.74) is 0.853. The van der Waals surface area contributed by atoms with Gasteiger partial charge in [0, 0.05) is 23.7 Å². The van der Waals surface area contributed by atoms with E-state index in [0.29, 0.717) is 3.95 Å². The summed E-state index contributed by atoms with van der Waals surface area (Å²) in [5.74, 6) is -0.951. The average Bonchev–Trinajstić information content (AvgIpc) is 2.75. The molecule has 4 nitrogen and oxygen atoms in total. The van der Waals surface area contributed by atoms with Gasteiger partial charge in [-0.25, -0.2) is 0 Å². The van der Waals surface area contributed by atoms with Crippen LogP contribution in [0.4, 0.5) is 13.2 Å². The molecule has 1 atom stereocenters. The fourth-order valence-electron chi connectivity index (χ4n) is 2.59. The number of aromatic amines is 1. The van der Waals surface area contributed by atoms with Gasteiger partial charge >= 0.3 is 6.18 Å². The summed E-state index contributed by atoms with van der Waals surface area (Å²) < 4.78 is 38.0. The third-order valence-electron chi connectivity index (χ3n) is 3.91. The molecule has 1 aliphatic rings. The fourth-order valence-corrected chi connectivity index (χ4v) is 3.87. The molecule has 1 saturated heterocycles. The Labute approximate surface area is 135 Å². The molecule has 1 amide bonds. The van der Waals surface area contributed by atoms with Crippen molar-refractivity contribution in [3.8, 4) is 0 Å². The number of aromatic nitrogens is 1. The van der Waals surface area contributed by atoms with Gasteiger partial charge in [-0.3, -0.25) is 4.79 Å². The summed E-state index contributed by atoms with van der Waals surface area (Å²) in [4.78, 5) is 17.6. The lowest BCUT2D eigenvalue weighted by atomic mass is 9.90. The van der Waals surface area contributed by atoms with Crippen molar-refractivity contribution in [3.63, 3.8) is 0 Å². The Morgan fingerprint density at radius 1 is 1.50 bits per heavy atom. The summed E-state index contributed by atoms with van der Waals surface area (Å²) in [6, 6.07) is 0. The van der Waals surface area contributed by atoms with Gasteiger partial charge in [0.05, 0.1) is 6.42 Å². The molecule has 2 N–H and O–H groups in total. The molecule has 0 aliphatic carbocycles. The Balaban J connectivity index is 1.90. The van der Waals surface area contributed by atoms with Gasteiger partial charge in [0.15, 0.2) is 10.1 Å². The first-order chi connectivity index (χ1) is 10.2. The molecule has 1 aliphatic heterocycles. The van der Waals surface area contributed by atoms with Crippen LogP contribution >= 0.6 is 23.6 Å². The minimum atomic E-state index is -4.60. The predicted octanol–water partition coefficient (Wildman–Crippen LogP) is 2.82. The van der Waals surface area contributed by atoms with E-state index in [9.17, 15) is 23.1 Å². The number of nitrogens with one attached hydrogen (secondary N) is 1. The van der Waals surface area contributed by atoms with Crippen LogP contribution in [0.15, 0.2) is 0 Å². The highest BCUT2D eigenvalue weighted by Crippen LogP contribution is 2.31.